The van der Waals surface area contributed by atoms with E-state index in [-0.39, 0.29) is 30.5 Å². The van der Waals surface area contributed by atoms with Gasteiger partial charge in [-0.25, -0.2) is 4.39 Å². The molecule has 0 radical (unpaired) electrons. The second-order valence-electron chi connectivity index (χ2n) is 6.79. The van der Waals surface area contributed by atoms with E-state index < -0.39 is 0 Å². The van der Waals surface area contributed by atoms with Crippen LogP contribution in [0.2, 0.25) is 0 Å². The van der Waals surface area contributed by atoms with E-state index in [0.29, 0.717) is 25.4 Å². The number of carbonyl (C=O) groups is 2. The zero-order chi connectivity index (χ0) is 19.8. The second-order valence-corrected chi connectivity index (χ2v) is 7.79. The first kappa shape index (κ1) is 20.3. The van der Waals surface area contributed by atoms with Gasteiger partial charge in [0.15, 0.2) is 0 Å². The van der Waals surface area contributed by atoms with Gasteiger partial charge < -0.3 is 15.0 Å². The van der Waals surface area contributed by atoms with Gasteiger partial charge >= 0.3 is 0 Å². The Morgan fingerprint density at radius 3 is 2.79 bits per heavy atom. The summed E-state index contributed by atoms with van der Waals surface area (Å²) in [6, 6.07) is 7.98. The van der Waals surface area contributed by atoms with Gasteiger partial charge in [0.25, 0.3) is 0 Å². The largest absolute Gasteiger partial charge is 0.494 e. The van der Waals surface area contributed by atoms with Gasteiger partial charge in [-0.1, -0.05) is 0 Å². The van der Waals surface area contributed by atoms with Gasteiger partial charge in [-0.05, 0) is 60.5 Å². The van der Waals surface area contributed by atoms with Crippen molar-refractivity contribution in [3.05, 3.63) is 52.0 Å². The minimum atomic E-state index is -0.287. The monoisotopic (exact) mass is 404 g/mol. The van der Waals surface area contributed by atoms with E-state index in [1.165, 1.54) is 22.6 Å². The molecule has 7 heteroatoms. The number of nitrogens with zero attached hydrogens (tertiary/aromatic N) is 1. The quantitative estimate of drug-likeness (QED) is 0.651. The number of rotatable bonds is 9. The Balaban J connectivity index is 1.24. The number of hydrogen-bond acceptors (Lipinski definition) is 4. The van der Waals surface area contributed by atoms with Gasteiger partial charge in [-0.3, -0.25) is 9.59 Å². The SMILES string of the molecule is O=C(CCC(=O)N1CCc2sccc2C1)NCCCCOc1ccc(F)cc1. The maximum Gasteiger partial charge on any atom is 0.223 e. The lowest BCUT2D eigenvalue weighted by Gasteiger charge is -2.27. The summed E-state index contributed by atoms with van der Waals surface area (Å²) in [5.74, 6) is 0.294. The molecule has 1 N–H and O–H groups in total. The Kier molecular flexibility index (Phi) is 7.42. The topological polar surface area (TPSA) is 58.6 Å². The molecule has 0 saturated carbocycles. The highest BCUT2D eigenvalue weighted by Crippen LogP contribution is 2.24. The second kappa shape index (κ2) is 10.2. The fourth-order valence-electron chi connectivity index (χ4n) is 3.10. The zero-order valence-corrected chi connectivity index (χ0v) is 16.6. The molecule has 5 nitrogen and oxygen atoms in total. The van der Waals surface area contributed by atoms with E-state index in [9.17, 15) is 14.0 Å². The summed E-state index contributed by atoms with van der Waals surface area (Å²) in [5, 5.41) is 4.91. The van der Waals surface area contributed by atoms with Gasteiger partial charge in [-0.15, -0.1) is 11.3 Å². The van der Waals surface area contributed by atoms with E-state index in [1.807, 2.05) is 4.90 Å². The van der Waals surface area contributed by atoms with E-state index >= 15 is 0 Å². The summed E-state index contributed by atoms with van der Waals surface area (Å²) >= 11 is 1.75. The highest BCUT2D eigenvalue weighted by Gasteiger charge is 2.21. The fourth-order valence-corrected chi connectivity index (χ4v) is 3.99. The van der Waals surface area contributed by atoms with Crippen LogP contribution in [0.4, 0.5) is 4.39 Å². The van der Waals surface area contributed by atoms with Crippen molar-refractivity contribution in [2.24, 2.45) is 0 Å². The Bertz CT molecular complexity index is 791. The first-order chi connectivity index (χ1) is 13.6. The van der Waals surface area contributed by atoms with Crippen LogP contribution >= 0.6 is 11.3 Å². The molecule has 1 aliphatic rings. The van der Waals surface area contributed by atoms with E-state index in [1.54, 1.807) is 23.5 Å². The van der Waals surface area contributed by atoms with Crippen molar-refractivity contribution in [1.29, 1.82) is 0 Å². The van der Waals surface area contributed by atoms with E-state index in [2.05, 4.69) is 16.8 Å². The smallest absolute Gasteiger partial charge is 0.223 e. The predicted molar refractivity (Wildman–Crippen MR) is 107 cm³/mol. The molecular weight excluding hydrogens is 379 g/mol. The number of unbranched alkanes of at least 4 members (excludes halogenated alkanes) is 1. The van der Waals surface area contributed by atoms with Crippen molar-refractivity contribution < 1.29 is 18.7 Å². The van der Waals surface area contributed by atoms with Crippen LogP contribution in [0.25, 0.3) is 0 Å². The molecule has 1 aliphatic heterocycles. The standard InChI is InChI=1S/C21H25FN2O3S/c22-17-3-5-18(6-4-17)27-13-2-1-11-23-20(25)7-8-21(26)24-12-9-19-16(15-24)10-14-28-19/h3-6,10,14H,1-2,7-9,11-13,15H2,(H,23,25). The van der Waals surface area contributed by atoms with Gasteiger partial charge in [-0.2, -0.15) is 0 Å². The number of thiophene rings is 1. The zero-order valence-electron chi connectivity index (χ0n) is 15.8. The molecule has 2 aromatic rings. The Morgan fingerprint density at radius 2 is 1.96 bits per heavy atom. The third-order valence-electron chi connectivity index (χ3n) is 4.70. The maximum absolute atomic E-state index is 12.8. The van der Waals surface area contributed by atoms with Gasteiger partial charge in [0.1, 0.15) is 11.6 Å². The van der Waals surface area contributed by atoms with Crippen molar-refractivity contribution >= 4 is 23.2 Å². The molecule has 0 spiro atoms. The van der Waals surface area contributed by atoms with Gasteiger partial charge in [0, 0.05) is 37.4 Å². The highest BCUT2D eigenvalue weighted by atomic mass is 32.1. The predicted octanol–water partition coefficient (Wildman–Crippen LogP) is 3.53. The minimum absolute atomic E-state index is 0.0414. The van der Waals surface area contributed by atoms with Crippen LogP contribution in [-0.2, 0) is 22.6 Å². The van der Waals surface area contributed by atoms with Crippen molar-refractivity contribution in [2.75, 3.05) is 19.7 Å². The molecule has 1 aromatic heterocycles. The van der Waals surface area contributed by atoms with Crippen molar-refractivity contribution in [3.63, 3.8) is 0 Å². The molecule has 1 aromatic carbocycles. The maximum atomic E-state index is 12.8. The highest BCUT2D eigenvalue weighted by molar-refractivity contribution is 7.10. The third-order valence-corrected chi connectivity index (χ3v) is 5.72. The third kappa shape index (κ3) is 6.05. The first-order valence-corrected chi connectivity index (χ1v) is 10.5. The average Bonchev–Trinajstić information content (AvgIpc) is 3.18. The lowest BCUT2D eigenvalue weighted by Crippen LogP contribution is -2.36. The number of fused-ring (bicyclic) bond motifs is 1. The van der Waals surface area contributed by atoms with Crippen LogP contribution in [-0.4, -0.2) is 36.4 Å². The van der Waals surface area contributed by atoms with Crippen LogP contribution in [0.5, 0.6) is 5.75 Å². The summed E-state index contributed by atoms with van der Waals surface area (Å²) in [4.78, 5) is 27.4. The molecule has 28 heavy (non-hydrogen) atoms. The molecule has 2 heterocycles. The summed E-state index contributed by atoms with van der Waals surface area (Å²) in [6.45, 7) is 2.47. The molecule has 150 valence electrons. The number of nitrogens with one attached hydrogen (secondary N) is 1. The van der Waals surface area contributed by atoms with Gasteiger partial charge in [0.2, 0.25) is 11.8 Å². The Labute approximate surface area is 168 Å². The van der Waals surface area contributed by atoms with Crippen LogP contribution in [0.1, 0.15) is 36.1 Å². The first-order valence-electron chi connectivity index (χ1n) is 9.60. The molecular formula is C21H25FN2O3S. The summed E-state index contributed by atoms with van der Waals surface area (Å²) < 4.78 is 18.3. The number of hydrogen-bond donors (Lipinski definition) is 1. The number of carbonyl (C=O) groups excluding carboxylic acids is 2. The fraction of sp³-hybridized carbons (Fsp3) is 0.429. The van der Waals surface area contributed by atoms with Crippen LogP contribution in [0.15, 0.2) is 35.7 Å². The van der Waals surface area contributed by atoms with Crippen molar-refractivity contribution in [2.45, 2.75) is 38.6 Å². The Morgan fingerprint density at radius 1 is 1.14 bits per heavy atom. The molecule has 2 amide bonds. The molecule has 0 atom stereocenters. The number of halogens is 1. The molecule has 0 bridgehead atoms. The lowest BCUT2D eigenvalue weighted by molar-refractivity contribution is -0.134. The number of benzene rings is 1. The average molecular weight is 405 g/mol. The minimum Gasteiger partial charge on any atom is -0.494 e. The van der Waals surface area contributed by atoms with Crippen LogP contribution in [0.3, 0.4) is 0 Å². The molecule has 0 fully saturated rings. The summed E-state index contributed by atoms with van der Waals surface area (Å²) in [6.07, 6.45) is 2.95. The summed E-state index contributed by atoms with van der Waals surface area (Å²) in [7, 11) is 0. The normalized spacial score (nSPS) is 13.1. The number of amides is 2. The Hall–Kier alpha value is -2.41. The lowest BCUT2D eigenvalue weighted by atomic mass is 10.1. The molecule has 0 saturated heterocycles. The summed E-state index contributed by atoms with van der Waals surface area (Å²) in [5.41, 5.74) is 1.23. The van der Waals surface area contributed by atoms with Crippen molar-refractivity contribution in [3.8, 4) is 5.75 Å². The van der Waals surface area contributed by atoms with E-state index in [0.717, 1.165) is 25.8 Å². The molecule has 3 rings (SSSR count). The van der Waals surface area contributed by atoms with Crippen LogP contribution < -0.4 is 10.1 Å². The molecule has 0 unspecified atom stereocenters. The van der Waals surface area contributed by atoms with Gasteiger partial charge in [0.05, 0.1) is 6.61 Å². The number of ether oxygens (including phenoxy) is 1. The van der Waals surface area contributed by atoms with E-state index in [4.69, 9.17) is 4.74 Å². The van der Waals surface area contributed by atoms with Crippen LogP contribution in [0, 0.1) is 5.82 Å². The van der Waals surface area contributed by atoms with Crippen molar-refractivity contribution in [1.82, 2.24) is 10.2 Å². The molecule has 0 aliphatic carbocycles.